The SMILES string of the molecule is COc1ccc(-n2nc(C(C)(C)C)c3c2N(CC(=O)NC[C@H]2CCCO2)C(=O)CS[C@H]3c2cc(OC)ccc2OC)cc1. The van der Waals surface area contributed by atoms with Gasteiger partial charge in [0.25, 0.3) is 0 Å². The summed E-state index contributed by atoms with van der Waals surface area (Å²) in [5.41, 5.74) is 2.89. The average Bonchev–Trinajstić information content (AvgIpc) is 3.65. The molecule has 3 aromatic rings. The summed E-state index contributed by atoms with van der Waals surface area (Å²) in [6.45, 7) is 7.28. The number of thioether (sulfide) groups is 1. The number of hydrogen-bond acceptors (Lipinski definition) is 8. The van der Waals surface area contributed by atoms with Crippen molar-refractivity contribution in [1.82, 2.24) is 15.1 Å². The number of hydrogen-bond donors (Lipinski definition) is 1. The van der Waals surface area contributed by atoms with Crippen LogP contribution in [0.15, 0.2) is 42.5 Å². The molecule has 2 aromatic carbocycles. The fraction of sp³-hybridized carbons (Fsp3) is 0.469. The molecule has 0 spiro atoms. The molecular formula is C32H40N4O6S. The Labute approximate surface area is 257 Å². The molecule has 0 unspecified atom stereocenters. The number of benzene rings is 2. The van der Waals surface area contributed by atoms with Crippen molar-refractivity contribution in [2.75, 3.05) is 51.7 Å². The largest absolute Gasteiger partial charge is 0.497 e. The number of nitrogens with one attached hydrogen (secondary N) is 1. The van der Waals surface area contributed by atoms with Crippen molar-refractivity contribution < 1.29 is 28.5 Å². The van der Waals surface area contributed by atoms with Crippen LogP contribution in [0.5, 0.6) is 17.2 Å². The first-order valence-electron chi connectivity index (χ1n) is 14.4. The highest BCUT2D eigenvalue weighted by Crippen LogP contribution is 2.51. The molecule has 10 nitrogen and oxygen atoms in total. The lowest BCUT2D eigenvalue weighted by Gasteiger charge is -2.25. The topological polar surface area (TPSA) is 104 Å². The van der Waals surface area contributed by atoms with Gasteiger partial charge in [-0.1, -0.05) is 20.8 Å². The van der Waals surface area contributed by atoms with E-state index in [2.05, 4.69) is 26.1 Å². The number of anilines is 1. The molecule has 43 heavy (non-hydrogen) atoms. The highest BCUT2D eigenvalue weighted by Gasteiger charge is 2.41. The summed E-state index contributed by atoms with van der Waals surface area (Å²) in [6.07, 6.45) is 1.89. The molecule has 1 saturated heterocycles. The van der Waals surface area contributed by atoms with Crippen LogP contribution >= 0.6 is 11.8 Å². The predicted molar refractivity (Wildman–Crippen MR) is 167 cm³/mol. The molecule has 0 bridgehead atoms. The molecule has 3 heterocycles. The van der Waals surface area contributed by atoms with E-state index >= 15 is 0 Å². The molecule has 0 aliphatic carbocycles. The molecule has 0 radical (unpaired) electrons. The second-order valence-corrected chi connectivity index (χ2v) is 12.8. The third-order valence-corrected chi connectivity index (χ3v) is 8.92. The first kappa shape index (κ1) is 30.7. The van der Waals surface area contributed by atoms with Crippen LogP contribution in [0.4, 0.5) is 5.82 Å². The maximum absolute atomic E-state index is 14.0. The smallest absolute Gasteiger partial charge is 0.240 e. The Balaban J connectivity index is 1.69. The van der Waals surface area contributed by atoms with Crippen molar-refractivity contribution in [3.8, 4) is 22.9 Å². The van der Waals surface area contributed by atoms with Crippen molar-refractivity contribution >= 4 is 29.4 Å². The fourth-order valence-corrected chi connectivity index (χ4v) is 6.71. The van der Waals surface area contributed by atoms with Gasteiger partial charge in [0, 0.05) is 29.7 Å². The number of rotatable bonds is 9. The number of nitrogens with zero attached hydrogens (tertiary/aromatic N) is 3. The summed E-state index contributed by atoms with van der Waals surface area (Å²) in [4.78, 5) is 28.9. The van der Waals surface area contributed by atoms with Crippen LogP contribution in [0.3, 0.4) is 0 Å². The summed E-state index contributed by atoms with van der Waals surface area (Å²) in [6, 6.07) is 13.2. The van der Waals surface area contributed by atoms with E-state index in [0.717, 1.165) is 35.3 Å². The first-order valence-corrected chi connectivity index (χ1v) is 15.5. The highest BCUT2D eigenvalue weighted by molar-refractivity contribution is 8.00. The zero-order chi connectivity index (χ0) is 30.7. The Hall–Kier alpha value is -3.70. The third kappa shape index (κ3) is 6.47. The van der Waals surface area contributed by atoms with E-state index in [1.165, 1.54) is 11.8 Å². The number of carbonyl (C=O) groups excluding carboxylic acids is 2. The Morgan fingerprint density at radius 1 is 1.07 bits per heavy atom. The Kier molecular flexibility index (Phi) is 9.22. The second kappa shape index (κ2) is 12.9. The Morgan fingerprint density at radius 3 is 2.42 bits per heavy atom. The fourth-order valence-electron chi connectivity index (χ4n) is 5.50. The quantitative estimate of drug-likeness (QED) is 0.374. The van der Waals surface area contributed by atoms with Gasteiger partial charge < -0.3 is 24.3 Å². The summed E-state index contributed by atoms with van der Waals surface area (Å²) in [5, 5.41) is 7.81. The van der Waals surface area contributed by atoms with Gasteiger partial charge in [-0.2, -0.15) is 5.10 Å². The standard InChI is InChI=1S/C32H40N4O6S/c1-32(2,3)30-28-29(24-16-22(40-5)13-14-25(24)41-6)43-19-27(38)35(18-26(37)33-17-23-8-7-15-42-23)31(28)36(34-30)20-9-11-21(39-4)12-10-20/h9-14,16,23,29H,7-8,15,17-19H2,1-6H3,(H,33,37)/t23-,29+/m1/s1. The van der Waals surface area contributed by atoms with Crippen molar-refractivity contribution in [2.45, 2.75) is 50.4 Å². The maximum atomic E-state index is 14.0. The zero-order valence-electron chi connectivity index (χ0n) is 25.6. The number of methoxy groups -OCH3 is 3. The van der Waals surface area contributed by atoms with Crippen LogP contribution in [-0.2, 0) is 19.7 Å². The van der Waals surface area contributed by atoms with Gasteiger partial charge in [-0.15, -0.1) is 11.8 Å². The Bertz CT molecular complexity index is 1460. The minimum Gasteiger partial charge on any atom is -0.497 e. The minimum absolute atomic E-state index is 0.00266. The van der Waals surface area contributed by atoms with E-state index in [0.29, 0.717) is 36.2 Å². The third-order valence-electron chi connectivity index (χ3n) is 7.69. The molecule has 2 aliphatic heterocycles. The van der Waals surface area contributed by atoms with Gasteiger partial charge in [-0.05, 0) is 55.3 Å². The van der Waals surface area contributed by atoms with Gasteiger partial charge in [0.05, 0.1) is 49.8 Å². The lowest BCUT2D eigenvalue weighted by molar-refractivity contribution is -0.123. The number of fused-ring (bicyclic) bond motifs is 1. The van der Waals surface area contributed by atoms with Crippen molar-refractivity contribution in [3.63, 3.8) is 0 Å². The van der Waals surface area contributed by atoms with Gasteiger partial charge in [-0.25, -0.2) is 4.68 Å². The van der Waals surface area contributed by atoms with Crippen LogP contribution in [-0.4, -0.2) is 74.5 Å². The van der Waals surface area contributed by atoms with E-state index in [9.17, 15) is 9.59 Å². The van der Waals surface area contributed by atoms with E-state index in [1.54, 1.807) is 30.9 Å². The number of amides is 2. The average molecular weight is 609 g/mol. The number of ether oxygens (including phenoxy) is 4. The van der Waals surface area contributed by atoms with Crippen LogP contribution in [0, 0.1) is 0 Å². The zero-order valence-corrected chi connectivity index (χ0v) is 26.5. The van der Waals surface area contributed by atoms with E-state index in [4.69, 9.17) is 24.0 Å². The van der Waals surface area contributed by atoms with Gasteiger partial charge in [-0.3, -0.25) is 14.5 Å². The van der Waals surface area contributed by atoms with Crippen molar-refractivity contribution in [3.05, 3.63) is 59.3 Å². The molecule has 0 saturated carbocycles. The summed E-state index contributed by atoms with van der Waals surface area (Å²) >= 11 is 1.49. The minimum atomic E-state index is -0.395. The van der Waals surface area contributed by atoms with Crippen molar-refractivity contribution in [2.24, 2.45) is 0 Å². The van der Waals surface area contributed by atoms with Crippen LogP contribution in [0.2, 0.25) is 0 Å². The number of aromatic nitrogens is 2. The number of carbonyl (C=O) groups is 2. The maximum Gasteiger partial charge on any atom is 0.240 e. The van der Waals surface area contributed by atoms with Gasteiger partial charge in [0.2, 0.25) is 11.8 Å². The normalized spacial score (nSPS) is 18.7. The van der Waals surface area contributed by atoms with E-state index < -0.39 is 5.41 Å². The molecule has 1 aromatic heterocycles. The van der Waals surface area contributed by atoms with Crippen molar-refractivity contribution in [1.29, 1.82) is 0 Å². The molecule has 2 atom stereocenters. The molecule has 230 valence electrons. The molecule has 2 aliphatic rings. The predicted octanol–water partition coefficient (Wildman–Crippen LogP) is 4.66. The molecule has 2 amide bonds. The molecule has 1 N–H and O–H groups in total. The van der Waals surface area contributed by atoms with Crippen LogP contribution in [0.25, 0.3) is 5.69 Å². The van der Waals surface area contributed by atoms with Gasteiger partial charge in [0.1, 0.15) is 29.6 Å². The van der Waals surface area contributed by atoms with Crippen LogP contribution < -0.4 is 24.4 Å². The molecule has 11 heteroatoms. The summed E-state index contributed by atoms with van der Waals surface area (Å²) in [5.74, 6) is 2.34. The van der Waals surface area contributed by atoms with Gasteiger partial charge in [0.15, 0.2) is 0 Å². The molecule has 1 fully saturated rings. The van der Waals surface area contributed by atoms with Crippen LogP contribution in [0.1, 0.15) is 55.7 Å². The first-order chi connectivity index (χ1) is 20.6. The van der Waals surface area contributed by atoms with E-state index in [1.807, 2.05) is 42.5 Å². The molecule has 5 rings (SSSR count). The summed E-state index contributed by atoms with van der Waals surface area (Å²) < 4.78 is 24.3. The molecular weight excluding hydrogens is 568 g/mol. The Morgan fingerprint density at radius 2 is 1.79 bits per heavy atom. The lowest BCUT2D eigenvalue weighted by atomic mass is 9.87. The monoisotopic (exact) mass is 608 g/mol. The van der Waals surface area contributed by atoms with E-state index in [-0.39, 0.29) is 35.5 Å². The van der Waals surface area contributed by atoms with Gasteiger partial charge >= 0.3 is 0 Å². The second-order valence-electron chi connectivity index (χ2n) is 11.7. The lowest BCUT2D eigenvalue weighted by Crippen LogP contribution is -2.44. The highest BCUT2D eigenvalue weighted by atomic mass is 32.2. The summed E-state index contributed by atoms with van der Waals surface area (Å²) in [7, 11) is 4.88.